The van der Waals surface area contributed by atoms with Crippen LogP contribution < -0.4 is 5.32 Å². The van der Waals surface area contributed by atoms with Gasteiger partial charge < -0.3 is 20.2 Å². The molecule has 0 saturated carbocycles. The van der Waals surface area contributed by atoms with E-state index in [2.05, 4.69) is 22.1 Å². The van der Waals surface area contributed by atoms with Gasteiger partial charge in [-0.25, -0.2) is 0 Å². The van der Waals surface area contributed by atoms with Crippen molar-refractivity contribution in [1.82, 2.24) is 19.6 Å². The van der Waals surface area contributed by atoms with Crippen LogP contribution in [0.2, 0.25) is 0 Å². The summed E-state index contributed by atoms with van der Waals surface area (Å²) in [5.74, 6) is -1.15. The first-order chi connectivity index (χ1) is 16.3. The largest absolute Gasteiger partial charge is 0.387 e. The SMILES string of the molecule is C=NCc1ccc(-c2cc3n(n2)[C@@H](C)CN(CC(=O)N(C)CCC#N)C3=O)c(NC(=O)CO)c1. The van der Waals surface area contributed by atoms with E-state index in [1.54, 1.807) is 29.9 Å². The molecule has 1 aromatic carbocycles. The number of aliphatic hydroxyl groups excluding tert-OH is 1. The number of carbonyl (C=O) groups excluding carboxylic acids is 3. The third kappa shape index (κ3) is 5.29. The number of nitrogens with zero attached hydrogens (tertiary/aromatic N) is 6. The van der Waals surface area contributed by atoms with Crippen LogP contribution in [0.5, 0.6) is 0 Å². The molecule has 34 heavy (non-hydrogen) atoms. The first-order valence-corrected chi connectivity index (χ1v) is 10.7. The third-order valence-electron chi connectivity index (χ3n) is 5.53. The van der Waals surface area contributed by atoms with Gasteiger partial charge in [0.05, 0.1) is 36.5 Å². The molecule has 0 fully saturated rings. The van der Waals surface area contributed by atoms with Gasteiger partial charge in [0, 0.05) is 25.7 Å². The molecule has 1 aliphatic heterocycles. The maximum atomic E-state index is 13.1. The molecular formula is C23H27N7O4. The zero-order valence-corrected chi connectivity index (χ0v) is 19.2. The minimum Gasteiger partial charge on any atom is -0.387 e. The summed E-state index contributed by atoms with van der Waals surface area (Å²) in [6.45, 7) is 5.57. The molecule has 178 valence electrons. The van der Waals surface area contributed by atoms with Crippen LogP contribution in [0.15, 0.2) is 29.3 Å². The second-order valence-corrected chi connectivity index (χ2v) is 8.09. The summed E-state index contributed by atoms with van der Waals surface area (Å²) in [6.07, 6.45) is 0.222. The van der Waals surface area contributed by atoms with Crippen LogP contribution in [0, 0.1) is 11.3 Å². The molecule has 11 nitrogen and oxygen atoms in total. The Balaban J connectivity index is 1.90. The van der Waals surface area contributed by atoms with E-state index in [0.29, 0.717) is 42.3 Å². The molecule has 1 aromatic heterocycles. The summed E-state index contributed by atoms with van der Waals surface area (Å²) in [5.41, 5.74) is 2.63. The number of aliphatic imine (C=N–C) groups is 1. The zero-order chi connectivity index (χ0) is 24.8. The van der Waals surface area contributed by atoms with Crippen molar-refractivity contribution in [2.45, 2.75) is 25.9 Å². The predicted octanol–water partition coefficient (Wildman–Crippen LogP) is 1.07. The second-order valence-electron chi connectivity index (χ2n) is 8.09. The van der Waals surface area contributed by atoms with Crippen LogP contribution in [0.3, 0.4) is 0 Å². The van der Waals surface area contributed by atoms with Crippen molar-refractivity contribution in [3.05, 3.63) is 35.5 Å². The highest BCUT2D eigenvalue weighted by atomic mass is 16.3. The molecule has 0 aliphatic carbocycles. The first kappa shape index (κ1) is 24.6. The minimum absolute atomic E-state index is 0.0906. The van der Waals surface area contributed by atoms with Gasteiger partial charge in [0.15, 0.2) is 0 Å². The lowest BCUT2D eigenvalue weighted by Gasteiger charge is -2.32. The van der Waals surface area contributed by atoms with Crippen molar-refractivity contribution in [3.63, 3.8) is 0 Å². The monoisotopic (exact) mass is 465 g/mol. The Morgan fingerprint density at radius 1 is 1.41 bits per heavy atom. The van der Waals surface area contributed by atoms with Crippen molar-refractivity contribution in [2.24, 2.45) is 4.99 Å². The molecule has 2 heterocycles. The lowest BCUT2D eigenvalue weighted by molar-refractivity contribution is -0.130. The molecule has 1 aliphatic rings. The molecule has 11 heteroatoms. The van der Waals surface area contributed by atoms with Crippen molar-refractivity contribution in [1.29, 1.82) is 5.26 Å². The number of aromatic nitrogens is 2. The molecule has 3 amide bonds. The van der Waals surface area contributed by atoms with Crippen molar-refractivity contribution in [3.8, 4) is 17.3 Å². The van der Waals surface area contributed by atoms with Gasteiger partial charge in [-0.3, -0.25) is 24.1 Å². The first-order valence-electron chi connectivity index (χ1n) is 10.7. The van der Waals surface area contributed by atoms with Crippen molar-refractivity contribution >= 4 is 30.1 Å². The number of amides is 3. The molecule has 2 aromatic rings. The summed E-state index contributed by atoms with van der Waals surface area (Å²) >= 11 is 0. The van der Waals surface area contributed by atoms with Gasteiger partial charge >= 0.3 is 0 Å². The molecule has 0 unspecified atom stereocenters. The number of aliphatic hydroxyl groups is 1. The predicted molar refractivity (Wildman–Crippen MR) is 125 cm³/mol. The fraction of sp³-hybridized carbons (Fsp3) is 0.391. The summed E-state index contributed by atoms with van der Waals surface area (Å²) < 4.78 is 1.62. The van der Waals surface area contributed by atoms with E-state index in [1.807, 2.05) is 19.1 Å². The molecule has 0 spiro atoms. The van der Waals surface area contributed by atoms with Gasteiger partial charge in [-0.1, -0.05) is 12.1 Å². The topological polar surface area (TPSA) is 144 Å². The highest BCUT2D eigenvalue weighted by molar-refractivity contribution is 5.99. The summed E-state index contributed by atoms with van der Waals surface area (Å²) in [7, 11) is 1.60. The van der Waals surface area contributed by atoms with Gasteiger partial charge in [0.2, 0.25) is 11.8 Å². The Hall–Kier alpha value is -4.04. The number of anilines is 1. The Kier molecular flexibility index (Phi) is 7.75. The van der Waals surface area contributed by atoms with Crippen molar-refractivity contribution in [2.75, 3.05) is 38.6 Å². The molecule has 0 radical (unpaired) electrons. The molecule has 0 saturated heterocycles. The van der Waals surface area contributed by atoms with E-state index in [1.165, 1.54) is 9.80 Å². The van der Waals surface area contributed by atoms with Gasteiger partial charge in [-0.2, -0.15) is 10.4 Å². The van der Waals surface area contributed by atoms with Crippen LogP contribution in [-0.2, 0) is 16.1 Å². The van der Waals surface area contributed by atoms with Crippen LogP contribution in [-0.4, -0.2) is 82.4 Å². The van der Waals surface area contributed by atoms with E-state index in [9.17, 15) is 14.4 Å². The lowest BCUT2D eigenvalue weighted by atomic mass is 10.1. The average molecular weight is 466 g/mol. The fourth-order valence-corrected chi connectivity index (χ4v) is 3.76. The molecular weight excluding hydrogens is 438 g/mol. The highest BCUT2D eigenvalue weighted by Gasteiger charge is 2.33. The van der Waals surface area contributed by atoms with E-state index in [0.717, 1.165) is 5.56 Å². The van der Waals surface area contributed by atoms with Crippen LogP contribution in [0.1, 0.15) is 35.4 Å². The number of rotatable bonds is 9. The molecule has 3 rings (SSSR count). The van der Waals surface area contributed by atoms with Gasteiger partial charge in [0.25, 0.3) is 5.91 Å². The minimum atomic E-state index is -0.676. The van der Waals surface area contributed by atoms with Gasteiger partial charge in [-0.15, -0.1) is 0 Å². The smallest absolute Gasteiger partial charge is 0.272 e. The maximum absolute atomic E-state index is 13.1. The third-order valence-corrected chi connectivity index (χ3v) is 5.53. The van der Waals surface area contributed by atoms with Crippen LogP contribution >= 0.6 is 0 Å². The van der Waals surface area contributed by atoms with Crippen LogP contribution in [0.4, 0.5) is 5.69 Å². The number of benzene rings is 1. The fourth-order valence-electron chi connectivity index (χ4n) is 3.76. The van der Waals surface area contributed by atoms with Crippen molar-refractivity contribution < 1.29 is 19.5 Å². The molecule has 2 N–H and O–H groups in total. The van der Waals surface area contributed by atoms with Gasteiger partial charge in [0.1, 0.15) is 18.8 Å². The van der Waals surface area contributed by atoms with E-state index < -0.39 is 12.5 Å². The number of nitriles is 1. The Bertz CT molecular complexity index is 1150. The maximum Gasteiger partial charge on any atom is 0.272 e. The quantitative estimate of drug-likeness (QED) is 0.530. The van der Waals surface area contributed by atoms with Gasteiger partial charge in [-0.05, 0) is 31.3 Å². The number of fused-ring (bicyclic) bond motifs is 1. The number of nitrogens with one attached hydrogen (secondary N) is 1. The summed E-state index contributed by atoms with van der Waals surface area (Å²) in [5, 5.41) is 25.1. The summed E-state index contributed by atoms with van der Waals surface area (Å²) in [4.78, 5) is 44.3. The Labute approximate surface area is 197 Å². The lowest BCUT2D eigenvalue weighted by Crippen LogP contribution is -2.47. The van der Waals surface area contributed by atoms with E-state index in [-0.39, 0.29) is 30.8 Å². The van der Waals surface area contributed by atoms with E-state index in [4.69, 9.17) is 10.4 Å². The molecule has 1 atom stereocenters. The highest BCUT2D eigenvalue weighted by Crippen LogP contribution is 2.32. The number of carbonyl (C=O) groups is 3. The summed E-state index contributed by atoms with van der Waals surface area (Å²) in [6, 6.07) is 8.76. The standard InChI is InChI=1S/C23H27N7O4/c1-15-12-29(13-22(33)28(3)8-4-7-24)23(34)20-10-19(27-30(15)20)17-6-5-16(11-25-2)9-18(17)26-21(32)14-31/h5-6,9-10,15,31H,2,4,8,11-14H2,1,3H3,(H,26,32)/t15-/m0/s1. The number of likely N-dealkylation sites (N-methyl/N-ethyl adjacent to an activating group) is 1. The number of hydrogen-bond donors (Lipinski definition) is 2. The second kappa shape index (κ2) is 10.7. The average Bonchev–Trinajstić information content (AvgIpc) is 3.27. The van der Waals surface area contributed by atoms with Crippen LogP contribution in [0.25, 0.3) is 11.3 Å². The normalized spacial score (nSPS) is 14.8. The zero-order valence-electron chi connectivity index (χ0n) is 19.2. The Morgan fingerprint density at radius 2 is 2.18 bits per heavy atom. The molecule has 0 bridgehead atoms. The van der Waals surface area contributed by atoms with E-state index >= 15 is 0 Å². The Morgan fingerprint density at radius 3 is 2.85 bits per heavy atom. The number of hydrogen-bond acceptors (Lipinski definition) is 7.